The van der Waals surface area contributed by atoms with Gasteiger partial charge < -0.3 is 10.1 Å². The Morgan fingerprint density at radius 3 is 2.23 bits per heavy atom. The molecule has 0 aliphatic heterocycles. The number of ketones is 1. The molecule has 22 heavy (non-hydrogen) atoms. The molecule has 0 aromatic heterocycles. The number of nitrogens with one attached hydrogen (secondary N) is 1. The van der Waals surface area contributed by atoms with Crippen molar-refractivity contribution in [2.75, 3.05) is 12.4 Å². The Balaban J connectivity index is 1.84. The van der Waals surface area contributed by atoms with Gasteiger partial charge in [0.05, 0.1) is 7.11 Å². The Kier molecular flexibility index (Phi) is 5.25. The molecule has 1 amide bonds. The molecule has 0 spiro atoms. The van der Waals surface area contributed by atoms with E-state index in [0.717, 1.165) is 0 Å². The van der Waals surface area contributed by atoms with Crippen molar-refractivity contribution in [3.8, 4) is 5.75 Å². The highest BCUT2D eigenvalue weighted by atomic mass is 19.1. The Labute approximate surface area is 127 Å². The number of benzene rings is 2. The third kappa shape index (κ3) is 4.41. The third-order valence-electron chi connectivity index (χ3n) is 3.12. The first-order valence-electron chi connectivity index (χ1n) is 6.81. The monoisotopic (exact) mass is 301 g/mol. The fourth-order valence-corrected chi connectivity index (χ4v) is 1.91. The highest BCUT2D eigenvalue weighted by molar-refractivity contribution is 6.00. The molecular weight excluding hydrogens is 285 g/mol. The molecule has 2 aromatic rings. The predicted octanol–water partition coefficient (Wildman–Crippen LogP) is 3.44. The Bertz CT molecular complexity index is 651. The molecule has 2 rings (SSSR count). The summed E-state index contributed by atoms with van der Waals surface area (Å²) >= 11 is 0. The standard InChI is InChI=1S/C17H16FNO3/c1-22-15-8-2-12(3-9-15)16(20)10-11-17(21)19-14-6-4-13(18)5-7-14/h2-9H,10-11H2,1H3,(H,19,21). The van der Waals surface area contributed by atoms with Crippen LogP contribution in [0.25, 0.3) is 0 Å². The number of hydrogen-bond acceptors (Lipinski definition) is 3. The predicted molar refractivity (Wildman–Crippen MR) is 81.6 cm³/mol. The molecule has 114 valence electrons. The number of hydrogen-bond donors (Lipinski definition) is 1. The van der Waals surface area contributed by atoms with E-state index in [1.165, 1.54) is 24.3 Å². The summed E-state index contributed by atoms with van der Waals surface area (Å²) in [6.07, 6.45) is 0.182. The van der Waals surface area contributed by atoms with Crippen LogP contribution in [0.4, 0.5) is 10.1 Å². The summed E-state index contributed by atoms with van der Waals surface area (Å²) in [6, 6.07) is 12.2. The lowest BCUT2D eigenvalue weighted by Gasteiger charge is -2.05. The molecule has 5 heteroatoms. The van der Waals surface area contributed by atoms with Gasteiger partial charge in [0.15, 0.2) is 5.78 Å². The quantitative estimate of drug-likeness (QED) is 0.832. The largest absolute Gasteiger partial charge is 0.497 e. The minimum absolute atomic E-state index is 0.0717. The van der Waals surface area contributed by atoms with Crippen molar-refractivity contribution in [2.24, 2.45) is 0 Å². The molecule has 0 aliphatic rings. The van der Waals surface area contributed by atoms with Crippen LogP contribution in [0.2, 0.25) is 0 Å². The van der Waals surface area contributed by atoms with E-state index in [1.54, 1.807) is 31.4 Å². The summed E-state index contributed by atoms with van der Waals surface area (Å²) in [5.74, 6) is -0.0938. The van der Waals surface area contributed by atoms with Gasteiger partial charge in [0, 0.05) is 24.1 Å². The van der Waals surface area contributed by atoms with Crippen LogP contribution in [0.5, 0.6) is 5.75 Å². The molecule has 2 aromatic carbocycles. The number of carbonyl (C=O) groups is 2. The number of rotatable bonds is 6. The molecule has 0 bridgehead atoms. The first-order chi connectivity index (χ1) is 10.6. The van der Waals surface area contributed by atoms with Gasteiger partial charge in [0.2, 0.25) is 5.91 Å². The molecule has 0 saturated carbocycles. The van der Waals surface area contributed by atoms with Crippen LogP contribution in [-0.4, -0.2) is 18.8 Å². The maximum Gasteiger partial charge on any atom is 0.224 e. The number of halogens is 1. The minimum Gasteiger partial charge on any atom is -0.497 e. The Morgan fingerprint density at radius 2 is 1.64 bits per heavy atom. The topological polar surface area (TPSA) is 55.4 Å². The lowest BCUT2D eigenvalue weighted by atomic mass is 10.1. The number of Topliss-reactive ketones (excluding diaryl/α,β-unsaturated/α-hetero) is 1. The second kappa shape index (κ2) is 7.36. The number of amides is 1. The minimum atomic E-state index is -0.368. The van der Waals surface area contributed by atoms with E-state index in [4.69, 9.17) is 4.74 Å². The van der Waals surface area contributed by atoms with Crippen LogP contribution in [0.1, 0.15) is 23.2 Å². The van der Waals surface area contributed by atoms with Gasteiger partial charge in [-0.25, -0.2) is 4.39 Å². The van der Waals surface area contributed by atoms with Gasteiger partial charge in [-0.05, 0) is 48.5 Å². The maximum absolute atomic E-state index is 12.8. The summed E-state index contributed by atoms with van der Waals surface area (Å²) in [5, 5.41) is 2.62. The van der Waals surface area contributed by atoms with Crippen molar-refractivity contribution in [3.05, 3.63) is 59.9 Å². The van der Waals surface area contributed by atoms with Crippen LogP contribution >= 0.6 is 0 Å². The van der Waals surface area contributed by atoms with Crippen LogP contribution in [-0.2, 0) is 4.79 Å². The van der Waals surface area contributed by atoms with E-state index >= 15 is 0 Å². The average Bonchev–Trinajstić information content (AvgIpc) is 2.55. The van der Waals surface area contributed by atoms with Gasteiger partial charge in [0.1, 0.15) is 11.6 Å². The summed E-state index contributed by atoms with van der Waals surface area (Å²) in [7, 11) is 1.55. The summed E-state index contributed by atoms with van der Waals surface area (Å²) in [6.45, 7) is 0. The molecule has 0 radical (unpaired) electrons. The number of ether oxygens (including phenoxy) is 1. The summed E-state index contributed by atoms with van der Waals surface area (Å²) < 4.78 is 17.8. The average molecular weight is 301 g/mol. The molecule has 0 aliphatic carbocycles. The number of anilines is 1. The fourth-order valence-electron chi connectivity index (χ4n) is 1.91. The molecule has 4 nitrogen and oxygen atoms in total. The Hall–Kier alpha value is -2.69. The van der Waals surface area contributed by atoms with Gasteiger partial charge in [-0.15, -0.1) is 0 Å². The zero-order valence-electron chi connectivity index (χ0n) is 12.1. The van der Waals surface area contributed by atoms with Gasteiger partial charge in [0.25, 0.3) is 0 Å². The zero-order chi connectivity index (χ0) is 15.9. The van der Waals surface area contributed by atoms with Crippen LogP contribution in [0.15, 0.2) is 48.5 Å². The first-order valence-corrected chi connectivity index (χ1v) is 6.81. The smallest absolute Gasteiger partial charge is 0.224 e. The van der Waals surface area contributed by atoms with Gasteiger partial charge >= 0.3 is 0 Å². The third-order valence-corrected chi connectivity index (χ3v) is 3.12. The summed E-state index contributed by atoms with van der Waals surface area (Å²) in [4.78, 5) is 23.7. The second-order valence-corrected chi connectivity index (χ2v) is 4.71. The van der Waals surface area contributed by atoms with E-state index < -0.39 is 0 Å². The van der Waals surface area contributed by atoms with Crippen molar-refractivity contribution in [3.63, 3.8) is 0 Å². The van der Waals surface area contributed by atoms with Crippen LogP contribution < -0.4 is 10.1 Å². The normalized spacial score (nSPS) is 10.1. The van der Waals surface area contributed by atoms with Gasteiger partial charge in [-0.3, -0.25) is 9.59 Å². The number of carbonyl (C=O) groups excluding carboxylic acids is 2. The van der Waals surface area contributed by atoms with Crippen LogP contribution in [0.3, 0.4) is 0 Å². The van der Waals surface area contributed by atoms with E-state index in [9.17, 15) is 14.0 Å². The van der Waals surface area contributed by atoms with Crippen molar-refractivity contribution in [1.82, 2.24) is 0 Å². The summed E-state index contributed by atoms with van der Waals surface area (Å²) in [5.41, 5.74) is 1.04. The zero-order valence-corrected chi connectivity index (χ0v) is 12.1. The van der Waals surface area contributed by atoms with E-state index in [1.807, 2.05) is 0 Å². The van der Waals surface area contributed by atoms with Gasteiger partial charge in [-0.1, -0.05) is 0 Å². The van der Waals surface area contributed by atoms with Crippen molar-refractivity contribution in [2.45, 2.75) is 12.8 Å². The highest BCUT2D eigenvalue weighted by Crippen LogP contribution is 2.14. The molecule has 0 unspecified atom stereocenters. The maximum atomic E-state index is 12.8. The Morgan fingerprint density at radius 1 is 1.00 bits per heavy atom. The van der Waals surface area contributed by atoms with Crippen LogP contribution in [0, 0.1) is 5.82 Å². The molecule has 0 heterocycles. The van der Waals surface area contributed by atoms with Crippen molar-refractivity contribution >= 4 is 17.4 Å². The fraction of sp³-hybridized carbons (Fsp3) is 0.176. The second-order valence-electron chi connectivity index (χ2n) is 4.71. The molecule has 0 saturated heterocycles. The molecular formula is C17H16FNO3. The van der Waals surface area contributed by atoms with E-state index in [-0.39, 0.29) is 30.3 Å². The molecule has 1 N–H and O–H groups in total. The van der Waals surface area contributed by atoms with Crippen molar-refractivity contribution < 1.29 is 18.7 Å². The lowest BCUT2D eigenvalue weighted by molar-refractivity contribution is -0.116. The lowest BCUT2D eigenvalue weighted by Crippen LogP contribution is -2.13. The SMILES string of the molecule is COc1ccc(C(=O)CCC(=O)Nc2ccc(F)cc2)cc1. The van der Waals surface area contributed by atoms with E-state index in [2.05, 4.69) is 5.32 Å². The first kappa shape index (κ1) is 15.7. The molecule has 0 atom stereocenters. The van der Waals surface area contributed by atoms with Crippen molar-refractivity contribution in [1.29, 1.82) is 0 Å². The van der Waals surface area contributed by atoms with E-state index in [0.29, 0.717) is 17.0 Å². The van der Waals surface area contributed by atoms with Gasteiger partial charge in [-0.2, -0.15) is 0 Å². The highest BCUT2D eigenvalue weighted by Gasteiger charge is 2.10. The number of methoxy groups -OCH3 is 1. The molecule has 0 fully saturated rings.